The van der Waals surface area contributed by atoms with Gasteiger partial charge < -0.3 is 0 Å². The molecule has 1 aromatic carbocycles. The molecule has 0 saturated carbocycles. The molecule has 162 valence electrons. The molecule has 0 radical (unpaired) electrons. The highest BCUT2D eigenvalue weighted by Gasteiger charge is 2.12. The van der Waals surface area contributed by atoms with E-state index >= 15 is 0 Å². The third-order valence-electron chi connectivity index (χ3n) is 5.19. The van der Waals surface area contributed by atoms with E-state index in [1.54, 1.807) is 12.1 Å². The Bertz CT molecular complexity index is 585. The Hall–Kier alpha value is -0.910. The summed E-state index contributed by atoms with van der Waals surface area (Å²) in [5, 5.41) is 0. The Labute approximate surface area is 173 Å². The standard InChI is InChI=1S/C23H42N2O2S/c1-3-4-5-6-7-8-9-10-11-12-13-14-15-16-21-24-25-28(26,27)23-19-17-22(2)18-20-23/h17-20,24-25H,3-16,21H2,1-2H3. The Morgan fingerprint density at radius 3 is 1.57 bits per heavy atom. The quantitative estimate of drug-likeness (QED) is 0.222. The van der Waals surface area contributed by atoms with Gasteiger partial charge in [-0.25, -0.2) is 13.8 Å². The Morgan fingerprint density at radius 1 is 0.679 bits per heavy atom. The van der Waals surface area contributed by atoms with E-state index in [4.69, 9.17) is 0 Å². The molecule has 1 aromatic rings. The first-order chi connectivity index (χ1) is 13.6. The molecule has 0 fully saturated rings. The fourth-order valence-electron chi connectivity index (χ4n) is 3.33. The van der Waals surface area contributed by atoms with Crippen molar-refractivity contribution in [2.75, 3.05) is 6.54 Å². The molecule has 5 heteroatoms. The normalized spacial score (nSPS) is 11.8. The highest BCUT2D eigenvalue weighted by molar-refractivity contribution is 7.89. The van der Waals surface area contributed by atoms with Crippen LogP contribution in [-0.2, 0) is 10.0 Å². The molecule has 4 nitrogen and oxygen atoms in total. The van der Waals surface area contributed by atoms with Crippen LogP contribution in [0.5, 0.6) is 0 Å². The molecule has 0 saturated heterocycles. The number of sulfonamides is 1. The van der Waals surface area contributed by atoms with Crippen molar-refractivity contribution in [2.24, 2.45) is 0 Å². The van der Waals surface area contributed by atoms with E-state index in [9.17, 15) is 8.42 Å². The molecule has 1 rings (SSSR count). The van der Waals surface area contributed by atoms with Crippen molar-refractivity contribution < 1.29 is 8.42 Å². The van der Waals surface area contributed by atoms with Gasteiger partial charge >= 0.3 is 0 Å². The molecule has 0 aliphatic carbocycles. The van der Waals surface area contributed by atoms with Crippen LogP contribution in [0.15, 0.2) is 29.2 Å². The molecular weight excluding hydrogens is 368 g/mol. The molecule has 0 aliphatic rings. The molecule has 0 atom stereocenters. The van der Waals surface area contributed by atoms with Crippen molar-refractivity contribution in [3.63, 3.8) is 0 Å². The third-order valence-corrected chi connectivity index (χ3v) is 6.50. The number of rotatable bonds is 18. The Balaban J connectivity index is 1.88. The van der Waals surface area contributed by atoms with E-state index in [0.29, 0.717) is 11.4 Å². The van der Waals surface area contributed by atoms with Gasteiger partial charge in [0, 0.05) is 6.54 Å². The van der Waals surface area contributed by atoms with Gasteiger partial charge in [-0.3, -0.25) is 0 Å². The first kappa shape index (κ1) is 25.1. The topological polar surface area (TPSA) is 58.2 Å². The predicted octanol–water partition coefficient (Wildman–Crippen LogP) is 6.26. The number of unbranched alkanes of at least 4 members (excludes halogenated alkanes) is 13. The zero-order chi connectivity index (χ0) is 20.5. The summed E-state index contributed by atoms with van der Waals surface area (Å²) in [4.78, 5) is 2.76. The fourth-order valence-corrected chi connectivity index (χ4v) is 4.23. The first-order valence-electron chi connectivity index (χ1n) is 11.4. The molecule has 0 unspecified atom stereocenters. The summed E-state index contributed by atoms with van der Waals surface area (Å²) in [7, 11) is -3.46. The highest BCUT2D eigenvalue weighted by atomic mass is 32.2. The molecule has 2 N–H and O–H groups in total. The van der Waals surface area contributed by atoms with Crippen LogP contribution < -0.4 is 10.3 Å². The summed E-state index contributed by atoms with van der Waals surface area (Å²) in [6, 6.07) is 6.88. The maximum atomic E-state index is 12.1. The largest absolute Gasteiger partial charge is 0.253 e. The molecular formula is C23H42N2O2S. The minimum Gasteiger partial charge on any atom is -0.244 e. The molecule has 0 aromatic heterocycles. The third kappa shape index (κ3) is 12.5. The lowest BCUT2D eigenvalue weighted by Crippen LogP contribution is -2.37. The van der Waals surface area contributed by atoms with E-state index in [2.05, 4.69) is 17.2 Å². The van der Waals surface area contributed by atoms with Crippen LogP contribution in [0, 0.1) is 6.92 Å². The van der Waals surface area contributed by atoms with Crippen molar-refractivity contribution in [3.8, 4) is 0 Å². The number of aryl methyl sites for hydroxylation is 1. The average molecular weight is 411 g/mol. The highest BCUT2D eigenvalue weighted by Crippen LogP contribution is 2.13. The van der Waals surface area contributed by atoms with Crippen LogP contribution in [0.25, 0.3) is 0 Å². The maximum Gasteiger partial charge on any atom is 0.253 e. The van der Waals surface area contributed by atoms with Crippen molar-refractivity contribution >= 4 is 10.0 Å². The summed E-state index contributed by atoms with van der Waals surface area (Å²) in [6.07, 6.45) is 18.6. The Kier molecular flexibility index (Phi) is 14.3. The van der Waals surface area contributed by atoms with Gasteiger partial charge in [0.25, 0.3) is 10.0 Å². The van der Waals surface area contributed by atoms with E-state index in [0.717, 1.165) is 18.4 Å². The molecule has 0 bridgehead atoms. The number of hydrogen-bond donors (Lipinski definition) is 2. The number of hydrogen-bond acceptors (Lipinski definition) is 3. The van der Waals surface area contributed by atoms with Gasteiger partial charge in [0.15, 0.2) is 0 Å². The summed E-state index contributed by atoms with van der Waals surface area (Å²) in [5.74, 6) is 0. The number of hydrazine groups is 1. The van der Waals surface area contributed by atoms with Crippen LogP contribution >= 0.6 is 0 Å². The monoisotopic (exact) mass is 410 g/mol. The van der Waals surface area contributed by atoms with E-state index in [-0.39, 0.29) is 0 Å². The second kappa shape index (κ2) is 15.9. The minimum atomic E-state index is -3.46. The smallest absolute Gasteiger partial charge is 0.244 e. The Morgan fingerprint density at radius 2 is 1.11 bits per heavy atom. The molecule has 0 spiro atoms. The van der Waals surface area contributed by atoms with E-state index in [1.165, 1.54) is 77.0 Å². The van der Waals surface area contributed by atoms with Gasteiger partial charge in [-0.1, -0.05) is 108 Å². The van der Waals surface area contributed by atoms with Crippen LogP contribution in [0.4, 0.5) is 0 Å². The van der Waals surface area contributed by atoms with Gasteiger partial charge in [0.2, 0.25) is 0 Å². The summed E-state index contributed by atoms with van der Waals surface area (Å²) < 4.78 is 24.2. The van der Waals surface area contributed by atoms with Gasteiger partial charge in [0.1, 0.15) is 0 Å². The lowest BCUT2D eigenvalue weighted by atomic mass is 10.0. The minimum absolute atomic E-state index is 0.298. The lowest BCUT2D eigenvalue weighted by Gasteiger charge is -2.08. The average Bonchev–Trinajstić information content (AvgIpc) is 2.68. The van der Waals surface area contributed by atoms with E-state index < -0.39 is 10.0 Å². The van der Waals surface area contributed by atoms with Crippen molar-refractivity contribution in [3.05, 3.63) is 29.8 Å². The molecule has 28 heavy (non-hydrogen) atoms. The van der Waals surface area contributed by atoms with Crippen molar-refractivity contribution in [1.29, 1.82) is 0 Å². The van der Waals surface area contributed by atoms with Gasteiger partial charge in [-0.05, 0) is 25.5 Å². The van der Waals surface area contributed by atoms with E-state index in [1.807, 2.05) is 19.1 Å². The van der Waals surface area contributed by atoms with Crippen LogP contribution in [0.3, 0.4) is 0 Å². The lowest BCUT2D eigenvalue weighted by molar-refractivity contribution is 0.520. The van der Waals surface area contributed by atoms with Crippen LogP contribution in [0.2, 0.25) is 0 Å². The van der Waals surface area contributed by atoms with Crippen LogP contribution in [0.1, 0.15) is 102 Å². The predicted molar refractivity (Wildman–Crippen MR) is 120 cm³/mol. The van der Waals surface area contributed by atoms with Crippen molar-refractivity contribution in [1.82, 2.24) is 10.3 Å². The summed E-state index contributed by atoms with van der Waals surface area (Å²) in [6.45, 7) is 4.88. The summed E-state index contributed by atoms with van der Waals surface area (Å²) in [5.41, 5.74) is 3.89. The fraction of sp³-hybridized carbons (Fsp3) is 0.739. The maximum absolute atomic E-state index is 12.1. The second-order valence-electron chi connectivity index (χ2n) is 7.94. The zero-order valence-electron chi connectivity index (χ0n) is 18.1. The molecule has 0 amide bonds. The van der Waals surface area contributed by atoms with Crippen molar-refractivity contribution in [2.45, 2.75) is 109 Å². The zero-order valence-corrected chi connectivity index (χ0v) is 19.0. The molecule has 0 heterocycles. The van der Waals surface area contributed by atoms with Crippen LogP contribution in [-0.4, -0.2) is 15.0 Å². The van der Waals surface area contributed by atoms with Gasteiger partial charge in [0.05, 0.1) is 4.90 Å². The van der Waals surface area contributed by atoms with Gasteiger partial charge in [-0.15, -0.1) is 4.83 Å². The van der Waals surface area contributed by atoms with Gasteiger partial charge in [-0.2, -0.15) is 0 Å². The molecule has 0 aliphatic heterocycles. The number of benzene rings is 1. The summed E-state index contributed by atoms with van der Waals surface area (Å²) >= 11 is 0. The SMILES string of the molecule is CCCCCCCCCCCCCCCCNNS(=O)(=O)c1ccc(C)cc1. The number of nitrogens with one attached hydrogen (secondary N) is 2. The first-order valence-corrected chi connectivity index (χ1v) is 12.9. The second-order valence-corrected chi connectivity index (χ2v) is 9.62.